The Morgan fingerprint density at radius 1 is 0.649 bits per heavy atom. The number of unbranched alkanes of at least 4 members (excludes halogenated alkanes) is 18. The van der Waals surface area contributed by atoms with Gasteiger partial charge in [-0.25, -0.2) is 0 Å². The molecule has 0 amide bonds. The van der Waals surface area contributed by atoms with E-state index in [0.29, 0.717) is 36.9 Å². The van der Waals surface area contributed by atoms with Crippen molar-refractivity contribution in [3.63, 3.8) is 0 Å². The molecule has 11 heteroatoms. The molecule has 0 aliphatic carbocycles. The number of phosphoric ester groups is 1. The van der Waals surface area contributed by atoms with Gasteiger partial charge in [0.2, 0.25) is 0 Å². The number of aliphatic hydroxyl groups is 2. The van der Waals surface area contributed by atoms with Crippen LogP contribution >= 0.6 is 7.82 Å². The molecule has 0 radical (unpaired) electrons. The summed E-state index contributed by atoms with van der Waals surface area (Å²) in [6.07, 6.45) is 39.0. The molecule has 0 aromatic rings. The van der Waals surface area contributed by atoms with Crippen molar-refractivity contribution < 1.29 is 47.5 Å². The Balaban J connectivity index is 4.49. The minimum absolute atomic E-state index is 0.0162. The number of rotatable bonds is 41. The van der Waals surface area contributed by atoms with Crippen LogP contribution in [0.25, 0.3) is 0 Å². The number of nitrogens with zero attached hydrogens (tertiary/aromatic N) is 1. The van der Waals surface area contributed by atoms with Crippen molar-refractivity contribution in [3.05, 3.63) is 48.6 Å². The van der Waals surface area contributed by atoms with Gasteiger partial charge in [-0.3, -0.25) is 9.36 Å². The number of carbonyl (C=O) groups is 1. The fourth-order valence-corrected chi connectivity index (χ4v) is 6.70. The van der Waals surface area contributed by atoms with Gasteiger partial charge in [0, 0.05) is 13.0 Å². The number of phosphoric acid groups is 1. The van der Waals surface area contributed by atoms with Gasteiger partial charge in [-0.15, -0.1) is 0 Å². The molecule has 0 aromatic carbocycles. The monoisotopic (exact) mass is 828 g/mol. The van der Waals surface area contributed by atoms with E-state index in [4.69, 9.17) is 18.5 Å². The molecule has 0 bridgehead atoms. The lowest BCUT2D eigenvalue weighted by atomic mass is 10.0. The first-order valence-corrected chi connectivity index (χ1v) is 24.0. The Morgan fingerprint density at radius 2 is 1.18 bits per heavy atom. The second-order valence-electron chi connectivity index (χ2n) is 16.5. The van der Waals surface area contributed by atoms with E-state index in [9.17, 15) is 24.5 Å². The first-order chi connectivity index (χ1) is 27.4. The SMILES string of the molecule is CCCCC/C=C/CC(O)/C=C/C=C/C=C/C(O)CCCC(=O)OC(COCCCCCCCCCCCCCCCCCC)COP(=O)([O-])OCC[N+](C)(C)C. The quantitative estimate of drug-likeness (QED) is 0.0154. The maximum absolute atomic E-state index is 12.7. The molecule has 57 heavy (non-hydrogen) atoms. The van der Waals surface area contributed by atoms with Crippen molar-refractivity contribution in [2.45, 2.75) is 186 Å². The van der Waals surface area contributed by atoms with Crippen LogP contribution in [0.4, 0.5) is 0 Å². The van der Waals surface area contributed by atoms with Gasteiger partial charge in [0.1, 0.15) is 19.3 Å². The maximum atomic E-state index is 12.7. The predicted molar refractivity (Wildman–Crippen MR) is 234 cm³/mol. The van der Waals surface area contributed by atoms with E-state index in [1.165, 1.54) is 103 Å². The van der Waals surface area contributed by atoms with Gasteiger partial charge in [0.15, 0.2) is 0 Å². The third-order valence-electron chi connectivity index (χ3n) is 9.57. The number of hydrogen-bond acceptors (Lipinski definition) is 9. The lowest BCUT2D eigenvalue weighted by molar-refractivity contribution is -0.870. The molecule has 334 valence electrons. The number of ether oxygens (including phenoxy) is 2. The molecule has 0 spiro atoms. The van der Waals surface area contributed by atoms with Gasteiger partial charge in [-0.05, 0) is 38.5 Å². The van der Waals surface area contributed by atoms with Crippen LogP contribution in [0, 0.1) is 0 Å². The topological polar surface area (TPSA) is 135 Å². The molecule has 10 nitrogen and oxygen atoms in total. The minimum atomic E-state index is -4.59. The summed E-state index contributed by atoms with van der Waals surface area (Å²) in [6.45, 7) is 5.01. The molecular formula is C46H86NO9P. The predicted octanol–water partition coefficient (Wildman–Crippen LogP) is 10.5. The Bertz CT molecular complexity index is 1090. The lowest BCUT2D eigenvalue weighted by Gasteiger charge is -2.28. The van der Waals surface area contributed by atoms with Crippen molar-refractivity contribution in [1.29, 1.82) is 0 Å². The van der Waals surface area contributed by atoms with Crippen LogP contribution in [0.3, 0.4) is 0 Å². The van der Waals surface area contributed by atoms with E-state index in [1.54, 1.807) is 36.5 Å². The Labute approximate surface area is 349 Å². The number of likely N-dealkylation sites (N-methyl/N-ethyl adjacent to an activating group) is 1. The molecule has 4 unspecified atom stereocenters. The smallest absolute Gasteiger partial charge is 0.306 e. The number of hydrogen-bond donors (Lipinski definition) is 2. The average molecular weight is 828 g/mol. The van der Waals surface area contributed by atoms with Crippen LogP contribution in [0.15, 0.2) is 48.6 Å². The summed E-state index contributed by atoms with van der Waals surface area (Å²) in [6, 6.07) is 0. The van der Waals surface area contributed by atoms with Crippen LogP contribution in [0.1, 0.15) is 168 Å². The van der Waals surface area contributed by atoms with E-state index in [0.717, 1.165) is 25.7 Å². The summed E-state index contributed by atoms with van der Waals surface area (Å²) in [4.78, 5) is 25.1. The summed E-state index contributed by atoms with van der Waals surface area (Å²) >= 11 is 0. The number of esters is 1. The van der Waals surface area contributed by atoms with Gasteiger partial charge in [-0.2, -0.15) is 0 Å². The van der Waals surface area contributed by atoms with Crippen molar-refractivity contribution in [1.82, 2.24) is 0 Å². The zero-order chi connectivity index (χ0) is 42.3. The number of carbonyl (C=O) groups excluding carboxylic acids is 1. The Hall–Kier alpha value is -1.62. The van der Waals surface area contributed by atoms with Gasteiger partial charge < -0.3 is 38.1 Å². The largest absolute Gasteiger partial charge is 0.756 e. The number of quaternary nitrogens is 1. The molecule has 2 N–H and O–H groups in total. The fraction of sp³-hybridized carbons (Fsp3) is 0.804. The van der Waals surface area contributed by atoms with Gasteiger partial charge in [0.25, 0.3) is 7.82 Å². The van der Waals surface area contributed by atoms with Crippen molar-refractivity contribution in [3.8, 4) is 0 Å². The molecule has 0 heterocycles. The summed E-state index contributed by atoms with van der Waals surface area (Å²) in [5.41, 5.74) is 0. The summed E-state index contributed by atoms with van der Waals surface area (Å²) in [7, 11) is 1.20. The number of allylic oxidation sites excluding steroid dienone is 5. The molecule has 4 atom stereocenters. The second kappa shape index (κ2) is 38.6. The highest BCUT2D eigenvalue weighted by Crippen LogP contribution is 2.38. The average Bonchev–Trinajstić information content (AvgIpc) is 3.15. The van der Waals surface area contributed by atoms with E-state index in [1.807, 2.05) is 27.2 Å². The normalized spacial score (nSPS) is 15.3. The minimum Gasteiger partial charge on any atom is -0.756 e. The van der Waals surface area contributed by atoms with Gasteiger partial charge in [0.05, 0.1) is 46.6 Å². The van der Waals surface area contributed by atoms with Crippen molar-refractivity contribution in [2.75, 3.05) is 54.1 Å². The van der Waals surface area contributed by atoms with E-state index in [-0.39, 0.29) is 19.6 Å². The molecule has 0 aromatic heterocycles. The van der Waals surface area contributed by atoms with Crippen LogP contribution in [-0.2, 0) is 27.9 Å². The fourth-order valence-electron chi connectivity index (χ4n) is 5.98. The third kappa shape index (κ3) is 42.3. The van der Waals surface area contributed by atoms with Crippen LogP contribution < -0.4 is 4.89 Å². The number of aliphatic hydroxyl groups excluding tert-OH is 2. The highest BCUT2D eigenvalue weighted by Gasteiger charge is 2.20. The molecule has 0 aliphatic rings. The van der Waals surface area contributed by atoms with E-state index < -0.39 is 38.7 Å². The zero-order valence-electron chi connectivity index (χ0n) is 37.0. The van der Waals surface area contributed by atoms with Gasteiger partial charge in [-0.1, -0.05) is 172 Å². The van der Waals surface area contributed by atoms with Crippen LogP contribution in [-0.4, -0.2) is 93.1 Å². The maximum Gasteiger partial charge on any atom is 0.306 e. The molecule has 0 fully saturated rings. The molecule has 0 saturated carbocycles. The van der Waals surface area contributed by atoms with Crippen molar-refractivity contribution in [2.24, 2.45) is 0 Å². The zero-order valence-corrected chi connectivity index (χ0v) is 37.9. The summed E-state index contributed by atoms with van der Waals surface area (Å²) < 4.78 is 34.4. The molecule has 0 saturated heterocycles. The van der Waals surface area contributed by atoms with Crippen LogP contribution in [0.2, 0.25) is 0 Å². The second-order valence-corrected chi connectivity index (χ2v) is 17.9. The first-order valence-electron chi connectivity index (χ1n) is 22.6. The summed E-state index contributed by atoms with van der Waals surface area (Å²) in [5, 5.41) is 20.4. The molecule has 0 aliphatic heterocycles. The highest BCUT2D eigenvalue weighted by atomic mass is 31.2. The van der Waals surface area contributed by atoms with E-state index >= 15 is 0 Å². The van der Waals surface area contributed by atoms with Crippen LogP contribution in [0.5, 0.6) is 0 Å². The Kier molecular flexibility index (Phi) is 37.5. The Morgan fingerprint density at radius 3 is 1.74 bits per heavy atom. The molecular weight excluding hydrogens is 741 g/mol. The van der Waals surface area contributed by atoms with E-state index in [2.05, 4.69) is 19.9 Å². The highest BCUT2D eigenvalue weighted by molar-refractivity contribution is 7.45. The lowest BCUT2D eigenvalue weighted by Crippen LogP contribution is -2.37. The standard InChI is InChI=1S/C46H86NO9P/c1-6-8-10-12-14-15-16-17-18-19-20-21-22-23-27-31-39-53-41-45(42-55-57(51,52)54-40-38-47(3,4)5)56-46(50)37-32-36-44(49)35-30-26-25-29-34-43(48)33-28-24-13-11-9-7-2/h24-26,28-30,34-35,43-45,48-49H,6-23,27,31-33,36-42H2,1-5H3/b26-25+,28-24+,34-29+,35-30+. The van der Waals surface area contributed by atoms with Gasteiger partial charge >= 0.3 is 5.97 Å². The summed E-state index contributed by atoms with van der Waals surface area (Å²) in [5.74, 6) is -0.517. The third-order valence-corrected chi connectivity index (χ3v) is 10.5. The molecule has 0 rings (SSSR count). The first kappa shape index (κ1) is 55.4. The van der Waals surface area contributed by atoms with Crippen molar-refractivity contribution >= 4 is 13.8 Å².